The lowest BCUT2D eigenvalue weighted by atomic mass is 9.95. The molecule has 1 atom stereocenters. The molecule has 0 aliphatic carbocycles. The number of benzene rings is 2. The van der Waals surface area contributed by atoms with Gasteiger partial charge in [0.2, 0.25) is 0 Å². The SMILES string of the molecule is Cc1cc(C2CC(c3ccc(Cl)cc3F)=NO2)c(C)cc1/N=C\N(C)C. The topological polar surface area (TPSA) is 37.2 Å². The molecule has 2 aromatic rings. The number of aryl methyl sites for hydroxylation is 2. The van der Waals surface area contributed by atoms with Crippen molar-refractivity contribution in [3.05, 3.63) is 63.4 Å². The Morgan fingerprint density at radius 3 is 2.69 bits per heavy atom. The molecule has 0 radical (unpaired) electrons. The second kappa shape index (κ2) is 7.46. The number of hydrogen-bond acceptors (Lipinski definition) is 3. The van der Waals surface area contributed by atoms with Gasteiger partial charge in [-0.15, -0.1) is 0 Å². The predicted octanol–water partition coefficient (Wildman–Crippen LogP) is 5.18. The van der Waals surface area contributed by atoms with Crippen LogP contribution in [0.25, 0.3) is 0 Å². The highest BCUT2D eigenvalue weighted by Gasteiger charge is 2.27. The van der Waals surface area contributed by atoms with Gasteiger partial charge in [0.15, 0.2) is 6.10 Å². The van der Waals surface area contributed by atoms with Crippen LogP contribution in [0.5, 0.6) is 0 Å². The molecule has 0 aromatic heterocycles. The molecule has 1 unspecified atom stereocenters. The highest BCUT2D eigenvalue weighted by molar-refractivity contribution is 6.30. The lowest BCUT2D eigenvalue weighted by Crippen LogP contribution is -2.07. The second-order valence-corrected chi connectivity index (χ2v) is 7.10. The lowest BCUT2D eigenvalue weighted by Gasteiger charge is -2.14. The van der Waals surface area contributed by atoms with Crippen LogP contribution in [-0.4, -0.2) is 31.0 Å². The van der Waals surface area contributed by atoms with Crippen LogP contribution in [0.2, 0.25) is 5.02 Å². The second-order valence-electron chi connectivity index (χ2n) is 6.66. The van der Waals surface area contributed by atoms with E-state index in [0.29, 0.717) is 22.7 Å². The van der Waals surface area contributed by atoms with Gasteiger partial charge >= 0.3 is 0 Å². The maximum atomic E-state index is 14.1. The summed E-state index contributed by atoms with van der Waals surface area (Å²) in [4.78, 5) is 12.0. The zero-order chi connectivity index (χ0) is 18.8. The minimum absolute atomic E-state index is 0.231. The first-order valence-corrected chi connectivity index (χ1v) is 8.73. The van der Waals surface area contributed by atoms with Gasteiger partial charge in [0.25, 0.3) is 0 Å². The molecule has 0 bridgehead atoms. The monoisotopic (exact) mass is 373 g/mol. The van der Waals surface area contributed by atoms with Crippen molar-refractivity contribution in [1.82, 2.24) is 4.90 Å². The van der Waals surface area contributed by atoms with Gasteiger partial charge < -0.3 is 9.74 Å². The van der Waals surface area contributed by atoms with E-state index in [9.17, 15) is 4.39 Å². The number of halogens is 2. The highest BCUT2D eigenvalue weighted by Crippen LogP contribution is 2.35. The summed E-state index contributed by atoms with van der Waals surface area (Å²) < 4.78 is 14.1. The molecule has 3 rings (SSSR count). The normalized spacial score (nSPS) is 16.7. The Bertz CT molecular complexity index is 893. The summed E-state index contributed by atoms with van der Waals surface area (Å²) in [6.45, 7) is 4.04. The summed E-state index contributed by atoms with van der Waals surface area (Å²) in [5.74, 6) is -0.387. The summed E-state index contributed by atoms with van der Waals surface area (Å²) in [6.07, 6.45) is 2.06. The first kappa shape index (κ1) is 18.4. The van der Waals surface area contributed by atoms with Gasteiger partial charge in [-0.1, -0.05) is 16.8 Å². The van der Waals surface area contributed by atoms with Crippen LogP contribution < -0.4 is 0 Å². The molecule has 6 heteroatoms. The predicted molar refractivity (Wildman–Crippen MR) is 104 cm³/mol. The van der Waals surface area contributed by atoms with Gasteiger partial charge in [-0.3, -0.25) is 0 Å². The highest BCUT2D eigenvalue weighted by atomic mass is 35.5. The summed E-state index contributed by atoms with van der Waals surface area (Å²) in [7, 11) is 3.86. The van der Waals surface area contributed by atoms with E-state index in [1.165, 1.54) is 6.07 Å². The molecule has 0 N–H and O–H groups in total. The van der Waals surface area contributed by atoms with Gasteiger partial charge in [-0.25, -0.2) is 9.38 Å². The zero-order valence-corrected chi connectivity index (χ0v) is 16.0. The van der Waals surface area contributed by atoms with Crippen LogP contribution in [0.3, 0.4) is 0 Å². The average Bonchev–Trinajstić information content (AvgIpc) is 3.04. The summed E-state index contributed by atoms with van der Waals surface area (Å²) in [5, 5.41) is 4.47. The molecule has 0 amide bonds. The minimum Gasteiger partial charge on any atom is -0.387 e. The third kappa shape index (κ3) is 3.88. The van der Waals surface area contributed by atoms with E-state index < -0.39 is 0 Å². The van der Waals surface area contributed by atoms with Gasteiger partial charge in [0, 0.05) is 31.1 Å². The molecule has 0 spiro atoms. The maximum Gasteiger partial charge on any atom is 0.158 e. The molecule has 0 saturated carbocycles. The third-order valence-corrected chi connectivity index (χ3v) is 4.51. The van der Waals surface area contributed by atoms with Crippen LogP contribution in [0.1, 0.15) is 34.8 Å². The Kier molecular flexibility index (Phi) is 5.28. The molecular formula is C20H21ClFN3O. The van der Waals surface area contributed by atoms with Gasteiger partial charge in [-0.2, -0.15) is 0 Å². The van der Waals surface area contributed by atoms with Crippen LogP contribution >= 0.6 is 11.6 Å². The van der Waals surface area contributed by atoms with Crippen molar-refractivity contribution >= 4 is 29.3 Å². The molecule has 4 nitrogen and oxygen atoms in total. The van der Waals surface area contributed by atoms with Crippen LogP contribution in [-0.2, 0) is 4.84 Å². The summed E-state index contributed by atoms with van der Waals surface area (Å²) in [6, 6.07) is 8.69. The van der Waals surface area contributed by atoms with Crippen molar-refractivity contribution in [3.8, 4) is 0 Å². The fourth-order valence-corrected chi connectivity index (χ4v) is 3.07. The maximum absolute atomic E-state index is 14.1. The Hall–Kier alpha value is -2.40. The standard InChI is InChI=1S/C20H21ClFN3O/c1-12-8-18(23-11-25(3)4)13(2)7-16(12)20-10-19(24-26-20)15-6-5-14(21)9-17(15)22/h5-9,11,20H,10H2,1-4H3/b23-11-. The Morgan fingerprint density at radius 2 is 2.00 bits per heavy atom. The molecule has 2 aromatic carbocycles. The molecule has 26 heavy (non-hydrogen) atoms. The van der Waals surface area contributed by atoms with Crippen LogP contribution in [0, 0.1) is 19.7 Å². The number of aliphatic imine (C=N–C) groups is 1. The molecule has 0 saturated heterocycles. The van der Waals surface area contributed by atoms with E-state index in [2.05, 4.69) is 16.2 Å². The molecule has 1 heterocycles. The third-order valence-electron chi connectivity index (χ3n) is 4.27. The van der Waals surface area contributed by atoms with E-state index in [-0.39, 0.29) is 11.9 Å². The number of hydrogen-bond donors (Lipinski definition) is 0. The number of oxime groups is 1. The first-order chi connectivity index (χ1) is 12.3. The summed E-state index contributed by atoms with van der Waals surface area (Å²) >= 11 is 5.82. The average molecular weight is 374 g/mol. The smallest absolute Gasteiger partial charge is 0.158 e. The van der Waals surface area contributed by atoms with Crippen molar-refractivity contribution in [1.29, 1.82) is 0 Å². The Morgan fingerprint density at radius 1 is 1.23 bits per heavy atom. The quantitative estimate of drug-likeness (QED) is 0.546. The summed E-state index contributed by atoms with van der Waals surface area (Å²) in [5.41, 5.74) is 5.11. The van der Waals surface area contributed by atoms with Gasteiger partial charge in [-0.05, 0) is 60.9 Å². The van der Waals surface area contributed by atoms with E-state index >= 15 is 0 Å². The zero-order valence-electron chi connectivity index (χ0n) is 15.3. The largest absolute Gasteiger partial charge is 0.387 e. The van der Waals surface area contributed by atoms with Crippen LogP contribution in [0.4, 0.5) is 10.1 Å². The number of rotatable bonds is 4. The Balaban J connectivity index is 1.82. The van der Waals surface area contributed by atoms with Crippen molar-refractivity contribution < 1.29 is 9.23 Å². The van der Waals surface area contributed by atoms with E-state index in [1.54, 1.807) is 18.5 Å². The van der Waals surface area contributed by atoms with E-state index in [4.69, 9.17) is 16.4 Å². The molecule has 1 aliphatic rings. The molecule has 0 fully saturated rings. The van der Waals surface area contributed by atoms with Gasteiger partial charge in [0.1, 0.15) is 5.82 Å². The molecular weight excluding hydrogens is 353 g/mol. The number of nitrogens with zero attached hydrogens (tertiary/aromatic N) is 3. The minimum atomic E-state index is -0.387. The van der Waals surface area contributed by atoms with Crippen molar-refractivity contribution in [2.45, 2.75) is 26.4 Å². The van der Waals surface area contributed by atoms with Crippen LogP contribution in [0.15, 0.2) is 40.5 Å². The van der Waals surface area contributed by atoms with Crippen molar-refractivity contribution in [2.24, 2.45) is 10.1 Å². The first-order valence-electron chi connectivity index (χ1n) is 8.35. The Labute approximate surface area is 157 Å². The van der Waals surface area contributed by atoms with Crippen molar-refractivity contribution in [2.75, 3.05) is 14.1 Å². The van der Waals surface area contributed by atoms with Crippen molar-refractivity contribution in [3.63, 3.8) is 0 Å². The molecule has 1 aliphatic heterocycles. The van der Waals surface area contributed by atoms with Gasteiger partial charge in [0.05, 0.1) is 17.7 Å². The molecule has 136 valence electrons. The lowest BCUT2D eigenvalue weighted by molar-refractivity contribution is 0.0852. The van der Waals surface area contributed by atoms with E-state index in [1.807, 2.05) is 38.9 Å². The fourth-order valence-electron chi connectivity index (χ4n) is 2.91. The fraction of sp³-hybridized carbons (Fsp3) is 0.300. The van der Waals surface area contributed by atoms with E-state index in [0.717, 1.165) is 22.4 Å².